The van der Waals surface area contributed by atoms with Crippen molar-refractivity contribution in [1.82, 2.24) is 0 Å². The third-order valence-corrected chi connectivity index (χ3v) is 5.67. The van der Waals surface area contributed by atoms with E-state index in [0.717, 1.165) is 12.1 Å². The number of hydrogen-bond donors (Lipinski definition) is 2. The van der Waals surface area contributed by atoms with Gasteiger partial charge in [0.05, 0.1) is 17.2 Å². The second-order valence-electron chi connectivity index (χ2n) is 7.61. The highest BCUT2D eigenvalue weighted by atomic mass is 35.5. The first-order valence-electron chi connectivity index (χ1n) is 9.49. The third-order valence-electron chi connectivity index (χ3n) is 5.35. The summed E-state index contributed by atoms with van der Waals surface area (Å²) in [7, 11) is 0. The van der Waals surface area contributed by atoms with Crippen molar-refractivity contribution >= 4 is 23.2 Å². The van der Waals surface area contributed by atoms with E-state index in [-0.39, 0.29) is 22.7 Å². The maximum Gasteiger partial charge on any atom is 0.417 e. The van der Waals surface area contributed by atoms with E-state index in [1.807, 2.05) is 0 Å². The van der Waals surface area contributed by atoms with E-state index >= 15 is 0 Å². The second-order valence-corrected chi connectivity index (χ2v) is 8.02. The molecule has 3 rings (SSSR count). The third kappa shape index (κ3) is 4.57. The Bertz CT molecular complexity index is 1150. The molecule has 0 aromatic heterocycles. The van der Waals surface area contributed by atoms with Gasteiger partial charge in [-0.05, 0) is 50.1 Å². The first-order valence-corrected chi connectivity index (χ1v) is 9.87. The first-order chi connectivity index (χ1) is 15.0. The van der Waals surface area contributed by atoms with Crippen LogP contribution in [0.1, 0.15) is 42.9 Å². The molecule has 1 aliphatic rings. The van der Waals surface area contributed by atoms with Crippen molar-refractivity contribution in [3.05, 3.63) is 63.9 Å². The molecule has 0 radical (unpaired) electrons. The highest BCUT2D eigenvalue weighted by Crippen LogP contribution is 2.56. The molecule has 2 aromatic rings. The molecular formula is C23H17ClF4N2O2. The minimum atomic E-state index is -4.81. The number of rotatable bonds is 5. The van der Waals surface area contributed by atoms with Crippen molar-refractivity contribution in [3.8, 4) is 17.9 Å². The highest BCUT2D eigenvalue weighted by Gasteiger charge is 2.54. The van der Waals surface area contributed by atoms with Crippen LogP contribution < -0.4 is 5.32 Å². The summed E-state index contributed by atoms with van der Waals surface area (Å²) in [4.78, 5) is 12.9. The van der Waals surface area contributed by atoms with Crippen LogP contribution in [-0.4, -0.2) is 16.6 Å². The molecule has 0 heterocycles. The van der Waals surface area contributed by atoms with Crippen molar-refractivity contribution in [2.24, 2.45) is 0 Å². The zero-order valence-electron chi connectivity index (χ0n) is 16.8. The number of benzene rings is 2. The molecule has 0 aliphatic heterocycles. The maximum atomic E-state index is 14.5. The second kappa shape index (κ2) is 8.46. The van der Waals surface area contributed by atoms with E-state index in [2.05, 4.69) is 17.2 Å². The first kappa shape index (κ1) is 23.6. The molecule has 0 bridgehead atoms. The van der Waals surface area contributed by atoms with Gasteiger partial charge in [-0.3, -0.25) is 4.79 Å². The molecule has 2 N–H and O–H groups in total. The van der Waals surface area contributed by atoms with Gasteiger partial charge in [-0.25, -0.2) is 4.39 Å². The van der Waals surface area contributed by atoms with E-state index in [0.29, 0.717) is 18.9 Å². The van der Waals surface area contributed by atoms with E-state index < -0.39 is 40.0 Å². The Labute approximate surface area is 186 Å². The van der Waals surface area contributed by atoms with Crippen LogP contribution in [0.3, 0.4) is 0 Å². The Kier molecular flexibility index (Phi) is 6.24. The average Bonchev–Trinajstić information content (AvgIpc) is 3.46. The number of hydrogen-bond acceptors (Lipinski definition) is 3. The lowest BCUT2D eigenvalue weighted by molar-refractivity contribution is -0.137. The summed E-state index contributed by atoms with van der Waals surface area (Å²) >= 11 is 6.17. The molecule has 9 heteroatoms. The molecule has 0 saturated heterocycles. The Balaban J connectivity index is 1.93. The number of aliphatic hydroxyl groups is 1. The summed E-state index contributed by atoms with van der Waals surface area (Å²) in [5.74, 6) is 3.21. The van der Waals surface area contributed by atoms with Crippen LogP contribution >= 0.6 is 11.6 Å². The van der Waals surface area contributed by atoms with Gasteiger partial charge in [0.1, 0.15) is 5.82 Å². The van der Waals surface area contributed by atoms with Gasteiger partial charge in [0, 0.05) is 28.1 Å². The smallest absolute Gasteiger partial charge is 0.369 e. The van der Waals surface area contributed by atoms with Crippen LogP contribution in [-0.2, 0) is 16.4 Å². The monoisotopic (exact) mass is 464 g/mol. The van der Waals surface area contributed by atoms with Crippen LogP contribution in [0.5, 0.6) is 0 Å². The normalized spacial score (nSPS) is 16.2. The summed E-state index contributed by atoms with van der Waals surface area (Å²) in [5.41, 5.74) is -5.18. The summed E-state index contributed by atoms with van der Waals surface area (Å²) in [6.45, 7) is 1.39. The minimum Gasteiger partial charge on any atom is -0.369 e. The quantitative estimate of drug-likeness (QED) is 0.473. The number of anilines is 1. The van der Waals surface area contributed by atoms with E-state index in [4.69, 9.17) is 16.9 Å². The van der Waals surface area contributed by atoms with Gasteiger partial charge in [0.15, 0.2) is 0 Å². The van der Waals surface area contributed by atoms with Gasteiger partial charge >= 0.3 is 6.18 Å². The van der Waals surface area contributed by atoms with E-state index in [9.17, 15) is 27.5 Å². The molecule has 1 unspecified atom stereocenters. The molecule has 1 fully saturated rings. The Hall–Kier alpha value is -3.07. The van der Waals surface area contributed by atoms with E-state index in [1.54, 1.807) is 0 Å². The van der Waals surface area contributed by atoms with Gasteiger partial charge < -0.3 is 10.4 Å². The zero-order chi connectivity index (χ0) is 23.7. The predicted octanol–water partition coefficient (Wildman–Crippen LogP) is 5.18. The molecule has 166 valence electrons. The molecule has 2 aromatic carbocycles. The van der Waals surface area contributed by atoms with Crippen LogP contribution in [0.2, 0.25) is 5.02 Å². The van der Waals surface area contributed by atoms with Crippen LogP contribution in [0.4, 0.5) is 23.2 Å². The number of halogens is 5. The van der Waals surface area contributed by atoms with Crippen LogP contribution in [0, 0.1) is 29.0 Å². The molecule has 1 saturated carbocycles. The van der Waals surface area contributed by atoms with Gasteiger partial charge in [0.2, 0.25) is 5.60 Å². The molecule has 1 atom stereocenters. The topological polar surface area (TPSA) is 73.1 Å². The Morgan fingerprint density at radius 2 is 1.97 bits per heavy atom. The molecule has 4 nitrogen and oxygen atoms in total. The Morgan fingerprint density at radius 3 is 2.50 bits per heavy atom. The summed E-state index contributed by atoms with van der Waals surface area (Å²) in [5, 5.41) is 22.4. The van der Waals surface area contributed by atoms with Gasteiger partial charge in [-0.2, -0.15) is 18.4 Å². The number of nitrogens with zero attached hydrogens (tertiary/aromatic N) is 1. The molecule has 1 amide bonds. The fourth-order valence-corrected chi connectivity index (χ4v) is 4.10. The highest BCUT2D eigenvalue weighted by molar-refractivity contribution is 6.31. The van der Waals surface area contributed by atoms with Crippen molar-refractivity contribution in [1.29, 1.82) is 5.26 Å². The lowest BCUT2D eigenvalue weighted by Gasteiger charge is -2.28. The minimum absolute atomic E-state index is 0.150. The number of alkyl halides is 3. The van der Waals surface area contributed by atoms with Crippen LogP contribution in [0.25, 0.3) is 0 Å². The van der Waals surface area contributed by atoms with Gasteiger partial charge in [0.25, 0.3) is 5.91 Å². The fourth-order valence-electron chi connectivity index (χ4n) is 3.74. The summed E-state index contributed by atoms with van der Waals surface area (Å²) in [6.07, 6.45) is -4.21. The van der Waals surface area contributed by atoms with Crippen molar-refractivity contribution in [2.45, 2.75) is 43.4 Å². The molecule has 0 spiro atoms. The SMILES string of the molecule is CC#CC(O)(CC1(c2c(F)cccc2Cl)CC1)C(=O)Nc1ccc(C#N)c(C(F)(F)F)c1. The van der Waals surface area contributed by atoms with E-state index in [1.165, 1.54) is 31.2 Å². The van der Waals surface area contributed by atoms with Crippen LogP contribution in [0.15, 0.2) is 36.4 Å². The number of carbonyl (C=O) groups excluding carboxylic acids is 1. The largest absolute Gasteiger partial charge is 0.417 e. The number of nitrogens with one attached hydrogen (secondary N) is 1. The lowest BCUT2D eigenvalue weighted by atomic mass is 9.82. The summed E-state index contributed by atoms with van der Waals surface area (Å²) < 4.78 is 54.1. The van der Waals surface area contributed by atoms with Crippen molar-refractivity contribution in [3.63, 3.8) is 0 Å². The standard InChI is InChI=1S/C23H17ClF4N2O2/c1-2-8-22(32,13-21(9-10-21)19-17(24)4-3-5-18(19)25)20(31)30-15-7-6-14(12-29)16(11-15)23(26,27)28/h3-7,11,32H,9-10,13H2,1H3,(H,30,31). The molecule has 32 heavy (non-hydrogen) atoms. The average molecular weight is 465 g/mol. The molecular weight excluding hydrogens is 448 g/mol. The van der Waals surface area contributed by atoms with Crippen molar-refractivity contribution in [2.75, 3.05) is 5.32 Å². The molecule has 1 aliphatic carbocycles. The number of nitriles is 1. The zero-order valence-corrected chi connectivity index (χ0v) is 17.5. The lowest BCUT2D eigenvalue weighted by Crippen LogP contribution is -2.44. The van der Waals surface area contributed by atoms with Crippen molar-refractivity contribution < 1.29 is 27.5 Å². The fraction of sp³-hybridized carbons (Fsp3) is 0.304. The number of carbonyl (C=O) groups is 1. The van der Waals surface area contributed by atoms with Gasteiger partial charge in [-0.15, -0.1) is 5.92 Å². The number of amides is 1. The predicted molar refractivity (Wildman–Crippen MR) is 110 cm³/mol. The summed E-state index contributed by atoms with van der Waals surface area (Å²) in [6, 6.07) is 8.25. The maximum absolute atomic E-state index is 14.5. The Morgan fingerprint density at radius 1 is 1.28 bits per heavy atom. The van der Waals surface area contributed by atoms with Gasteiger partial charge in [-0.1, -0.05) is 23.6 Å².